The van der Waals surface area contributed by atoms with E-state index in [1.165, 1.54) is 0 Å². The van der Waals surface area contributed by atoms with E-state index >= 15 is 0 Å². The molecule has 0 radical (unpaired) electrons. The molecular formula is C13H16BrN3O2. The van der Waals surface area contributed by atoms with Crippen LogP contribution in [0.5, 0.6) is 0 Å². The monoisotopic (exact) mass is 325 g/mol. The molecule has 1 aromatic heterocycles. The quantitative estimate of drug-likeness (QED) is 0.790. The van der Waals surface area contributed by atoms with Crippen LogP contribution in [0.2, 0.25) is 0 Å². The summed E-state index contributed by atoms with van der Waals surface area (Å²) < 4.78 is 6.42. The summed E-state index contributed by atoms with van der Waals surface area (Å²) in [5.41, 5.74) is 8.74. The lowest BCUT2D eigenvalue weighted by molar-refractivity contribution is 0.0447. The molecule has 19 heavy (non-hydrogen) atoms. The van der Waals surface area contributed by atoms with Crippen molar-refractivity contribution in [2.75, 3.05) is 13.2 Å². The smallest absolute Gasteiger partial charge is 0.323 e. The van der Waals surface area contributed by atoms with E-state index in [9.17, 15) is 4.79 Å². The molecular weight excluding hydrogens is 310 g/mol. The number of nitrogens with two attached hydrogens (primary N) is 1. The Morgan fingerprint density at radius 2 is 2.11 bits per heavy atom. The highest BCUT2D eigenvalue weighted by Crippen LogP contribution is 2.33. The molecule has 1 aliphatic rings. The molecule has 4 N–H and O–H groups in total. The van der Waals surface area contributed by atoms with Crippen LogP contribution in [0, 0.1) is 5.92 Å². The molecule has 1 saturated heterocycles. The van der Waals surface area contributed by atoms with E-state index in [-0.39, 0.29) is 11.7 Å². The fourth-order valence-corrected chi connectivity index (χ4v) is 3.24. The second kappa shape index (κ2) is 5.11. The van der Waals surface area contributed by atoms with Crippen molar-refractivity contribution < 1.29 is 4.74 Å². The Morgan fingerprint density at radius 3 is 2.79 bits per heavy atom. The number of H-pyrrole nitrogens is 2. The Bertz CT molecular complexity index is 643. The maximum Gasteiger partial charge on any atom is 0.323 e. The van der Waals surface area contributed by atoms with E-state index in [0.717, 1.165) is 40.5 Å². The van der Waals surface area contributed by atoms with Crippen LogP contribution in [0.4, 0.5) is 0 Å². The minimum atomic E-state index is -0.200. The molecule has 5 nitrogen and oxygen atoms in total. The Hall–Kier alpha value is -1.11. The first-order chi connectivity index (χ1) is 9.15. The van der Waals surface area contributed by atoms with E-state index in [2.05, 4.69) is 25.9 Å². The van der Waals surface area contributed by atoms with Crippen molar-refractivity contribution >= 4 is 27.0 Å². The molecule has 2 unspecified atom stereocenters. The van der Waals surface area contributed by atoms with Crippen molar-refractivity contribution in [3.8, 4) is 0 Å². The van der Waals surface area contributed by atoms with Crippen molar-refractivity contribution in [2.45, 2.75) is 18.9 Å². The molecule has 102 valence electrons. The molecule has 2 atom stereocenters. The van der Waals surface area contributed by atoms with Gasteiger partial charge in [-0.05, 0) is 30.5 Å². The van der Waals surface area contributed by atoms with Gasteiger partial charge in [0.25, 0.3) is 0 Å². The third kappa shape index (κ3) is 2.48. The number of aromatic nitrogens is 2. The maximum absolute atomic E-state index is 11.3. The number of hydrogen-bond donors (Lipinski definition) is 3. The predicted octanol–water partition coefficient (Wildman–Crippen LogP) is 2.05. The fourth-order valence-electron chi connectivity index (χ4n) is 2.63. The Morgan fingerprint density at radius 1 is 1.37 bits per heavy atom. The van der Waals surface area contributed by atoms with Crippen LogP contribution >= 0.6 is 15.9 Å². The topological polar surface area (TPSA) is 83.9 Å². The molecule has 0 aliphatic carbocycles. The Kier molecular flexibility index (Phi) is 3.47. The summed E-state index contributed by atoms with van der Waals surface area (Å²) in [7, 11) is 0. The van der Waals surface area contributed by atoms with E-state index < -0.39 is 0 Å². The van der Waals surface area contributed by atoms with E-state index in [0.29, 0.717) is 12.5 Å². The molecule has 0 bridgehead atoms. The van der Waals surface area contributed by atoms with Crippen molar-refractivity contribution in [2.24, 2.45) is 11.7 Å². The van der Waals surface area contributed by atoms with Gasteiger partial charge in [0.05, 0.1) is 17.6 Å². The number of hydrogen-bond acceptors (Lipinski definition) is 3. The number of ether oxygens (including phenoxy) is 1. The van der Waals surface area contributed by atoms with Crippen molar-refractivity contribution in [3.63, 3.8) is 0 Å². The second-order valence-corrected chi connectivity index (χ2v) is 5.86. The normalized spacial score (nSPS) is 21.7. The lowest BCUT2D eigenvalue weighted by Gasteiger charge is -2.28. The summed E-state index contributed by atoms with van der Waals surface area (Å²) >= 11 is 3.54. The van der Waals surface area contributed by atoms with Gasteiger partial charge in [-0.2, -0.15) is 0 Å². The summed E-state index contributed by atoms with van der Waals surface area (Å²) in [5, 5.41) is 0. The largest absolute Gasteiger partial charge is 0.381 e. The molecule has 0 amide bonds. The van der Waals surface area contributed by atoms with Gasteiger partial charge >= 0.3 is 5.69 Å². The molecule has 0 saturated carbocycles. The van der Waals surface area contributed by atoms with Gasteiger partial charge in [0.15, 0.2) is 0 Å². The van der Waals surface area contributed by atoms with Crippen molar-refractivity contribution in [3.05, 3.63) is 32.7 Å². The third-order valence-electron chi connectivity index (χ3n) is 3.70. The van der Waals surface area contributed by atoms with Gasteiger partial charge in [-0.1, -0.05) is 15.9 Å². The number of nitrogens with one attached hydrogen (secondary N) is 2. The highest BCUT2D eigenvalue weighted by Gasteiger charge is 2.24. The molecule has 3 rings (SSSR count). The second-order valence-electron chi connectivity index (χ2n) is 5.00. The van der Waals surface area contributed by atoms with Crippen LogP contribution in [0.1, 0.15) is 24.4 Å². The van der Waals surface area contributed by atoms with Crippen molar-refractivity contribution in [1.82, 2.24) is 9.97 Å². The third-order valence-corrected chi connectivity index (χ3v) is 4.38. The van der Waals surface area contributed by atoms with Gasteiger partial charge < -0.3 is 20.4 Å². The van der Waals surface area contributed by atoms with Gasteiger partial charge in [-0.15, -0.1) is 0 Å². The lowest BCUT2D eigenvalue weighted by atomic mass is 9.89. The minimum absolute atomic E-state index is 0.0857. The average Bonchev–Trinajstić information content (AvgIpc) is 2.77. The van der Waals surface area contributed by atoms with E-state index in [1.807, 2.05) is 12.1 Å². The number of halogens is 1. The number of fused-ring (bicyclic) bond motifs is 1. The molecule has 1 fully saturated rings. The molecule has 2 aromatic rings. The van der Waals surface area contributed by atoms with Crippen LogP contribution in [0.25, 0.3) is 11.0 Å². The van der Waals surface area contributed by atoms with Crippen LogP contribution in [-0.2, 0) is 4.74 Å². The van der Waals surface area contributed by atoms with E-state index in [4.69, 9.17) is 10.5 Å². The molecule has 1 aromatic carbocycles. The highest BCUT2D eigenvalue weighted by molar-refractivity contribution is 9.10. The van der Waals surface area contributed by atoms with Crippen LogP contribution < -0.4 is 11.4 Å². The molecule has 2 heterocycles. The summed E-state index contributed by atoms with van der Waals surface area (Å²) in [5.74, 6) is 0.327. The fraction of sp³-hybridized carbons (Fsp3) is 0.462. The maximum atomic E-state index is 11.3. The standard InChI is InChI=1S/C13H16BrN3O2/c14-9-5-11-10(16-13(18)17-11)4-8(9)12(15)7-2-1-3-19-6-7/h4-5,7,12H,1-3,6,15H2,(H2,16,17,18). The zero-order valence-electron chi connectivity index (χ0n) is 10.4. The van der Waals surface area contributed by atoms with Crippen LogP contribution in [0.3, 0.4) is 0 Å². The predicted molar refractivity (Wildman–Crippen MR) is 77.1 cm³/mol. The zero-order chi connectivity index (χ0) is 13.4. The minimum Gasteiger partial charge on any atom is -0.381 e. The summed E-state index contributed by atoms with van der Waals surface area (Å²) in [6.45, 7) is 1.53. The summed E-state index contributed by atoms with van der Waals surface area (Å²) in [4.78, 5) is 16.8. The lowest BCUT2D eigenvalue weighted by Crippen LogP contribution is -2.29. The number of benzene rings is 1. The Labute approximate surface area is 118 Å². The average molecular weight is 326 g/mol. The first-order valence-corrected chi connectivity index (χ1v) is 7.19. The number of rotatable bonds is 2. The number of imidazole rings is 1. The summed E-state index contributed by atoms with van der Waals surface area (Å²) in [6, 6.07) is 3.75. The zero-order valence-corrected chi connectivity index (χ0v) is 12.0. The van der Waals surface area contributed by atoms with Gasteiger partial charge in [0.1, 0.15) is 0 Å². The SMILES string of the molecule is NC(c1cc2[nH]c(=O)[nH]c2cc1Br)C1CCCOC1. The van der Waals surface area contributed by atoms with Gasteiger partial charge in [-0.3, -0.25) is 0 Å². The van der Waals surface area contributed by atoms with Crippen LogP contribution in [0.15, 0.2) is 21.4 Å². The Balaban J connectivity index is 1.98. The molecule has 1 aliphatic heterocycles. The number of aromatic amines is 2. The summed E-state index contributed by atoms with van der Waals surface area (Å²) in [6.07, 6.45) is 2.13. The van der Waals surface area contributed by atoms with Gasteiger partial charge in [0, 0.05) is 23.0 Å². The molecule has 6 heteroatoms. The molecule has 0 spiro atoms. The van der Waals surface area contributed by atoms with Gasteiger partial charge in [-0.25, -0.2) is 4.79 Å². The van der Waals surface area contributed by atoms with Crippen LogP contribution in [-0.4, -0.2) is 23.2 Å². The van der Waals surface area contributed by atoms with Gasteiger partial charge in [0.2, 0.25) is 0 Å². The first-order valence-electron chi connectivity index (χ1n) is 6.40. The van der Waals surface area contributed by atoms with Crippen molar-refractivity contribution in [1.29, 1.82) is 0 Å². The van der Waals surface area contributed by atoms with E-state index in [1.54, 1.807) is 0 Å². The first kappa shape index (κ1) is 12.9. The highest BCUT2D eigenvalue weighted by atomic mass is 79.9.